The monoisotopic (exact) mass is 174 g/mol. The Bertz CT molecular complexity index is 180. The van der Waals surface area contributed by atoms with Crippen LogP contribution < -0.4 is 0 Å². The molecule has 2 rings (SSSR count). The molecular weight excluding hydrogens is 160 g/mol. The molecule has 0 bridgehead atoms. The number of hydrogen-bond donors (Lipinski definition) is 1. The lowest BCUT2D eigenvalue weighted by molar-refractivity contribution is -0.177. The highest BCUT2D eigenvalue weighted by atomic mass is 16.8. The van der Waals surface area contributed by atoms with Crippen molar-refractivity contribution in [2.45, 2.75) is 37.9 Å². The van der Waals surface area contributed by atoms with E-state index in [4.69, 9.17) is 19.3 Å². The standard InChI is InChI=1S/C8H14O4/c1-8(2)11-6-4-10-5(3-9)7(6)12-8/h5-7,9H,3-4H2,1-2H3/t5-,6+,7-/m1/s1. The van der Waals surface area contributed by atoms with Gasteiger partial charge in [-0.2, -0.15) is 0 Å². The van der Waals surface area contributed by atoms with Crippen LogP contribution in [0.5, 0.6) is 0 Å². The minimum atomic E-state index is -0.521. The van der Waals surface area contributed by atoms with E-state index in [2.05, 4.69) is 0 Å². The fourth-order valence-corrected chi connectivity index (χ4v) is 1.78. The molecule has 0 aromatic heterocycles. The van der Waals surface area contributed by atoms with Gasteiger partial charge < -0.3 is 19.3 Å². The van der Waals surface area contributed by atoms with Crippen LogP contribution in [0.4, 0.5) is 0 Å². The van der Waals surface area contributed by atoms with Crippen LogP contribution >= 0.6 is 0 Å². The Labute approximate surface area is 71.4 Å². The van der Waals surface area contributed by atoms with Gasteiger partial charge in [-0.3, -0.25) is 0 Å². The fraction of sp³-hybridized carbons (Fsp3) is 1.00. The van der Waals surface area contributed by atoms with Crippen LogP contribution in [0.25, 0.3) is 0 Å². The molecular formula is C8H14O4. The van der Waals surface area contributed by atoms with Gasteiger partial charge in [0.15, 0.2) is 5.79 Å². The average molecular weight is 174 g/mol. The minimum absolute atomic E-state index is 0.000602. The summed E-state index contributed by atoms with van der Waals surface area (Å²) in [6.07, 6.45) is -0.307. The summed E-state index contributed by atoms with van der Waals surface area (Å²) in [5.74, 6) is -0.521. The molecule has 4 nitrogen and oxygen atoms in total. The van der Waals surface area contributed by atoms with Gasteiger partial charge in [0.05, 0.1) is 13.2 Å². The molecule has 0 saturated carbocycles. The largest absolute Gasteiger partial charge is 0.394 e. The first-order valence-corrected chi connectivity index (χ1v) is 4.20. The molecule has 0 amide bonds. The summed E-state index contributed by atoms with van der Waals surface area (Å²) in [5, 5.41) is 8.92. The second-order valence-electron chi connectivity index (χ2n) is 3.69. The number of fused-ring (bicyclic) bond motifs is 1. The molecule has 0 aliphatic carbocycles. The summed E-state index contributed by atoms with van der Waals surface area (Å²) in [4.78, 5) is 0. The average Bonchev–Trinajstić information content (AvgIpc) is 2.42. The molecule has 2 aliphatic rings. The molecule has 2 heterocycles. The van der Waals surface area contributed by atoms with E-state index >= 15 is 0 Å². The Hall–Kier alpha value is -0.160. The second-order valence-corrected chi connectivity index (χ2v) is 3.69. The van der Waals surface area contributed by atoms with Crippen molar-refractivity contribution in [3.8, 4) is 0 Å². The van der Waals surface area contributed by atoms with Crippen LogP contribution in [-0.4, -0.2) is 42.4 Å². The maximum atomic E-state index is 8.92. The number of aliphatic hydroxyl groups excluding tert-OH is 1. The van der Waals surface area contributed by atoms with Crippen molar-refractivity contribution in [2.75, 3.05) is 13.2 Å². The molecule has 0 aromatic carbocycles. The van der Waals surface area contributed by atoms with E-state index in [1.165, 1.54) is 0 Å². The summed E-state index contributed by atoms with van der Waals surface area (Å²) >= 11 is 0. The fourth-order valence-electron chi connectivity index (χ4n) is 1.78. The Morgan fingerprint density at radius 1 is 1.42 bits per heavy atom. The van der Waals surface area contributed by atoms with E-state index < -0.39 is 5.79 Å². The first kappa shape index (κ1) is 8.44. The van der Waals surface area contributed by atoms with Crippen LogP contribution in [0, 0.1) is 0 Å². The van der Waals surface area contributed by atoms with Crippen molar-refractivity contribution in [2.24, 2.45) is 0 Å². The highest BCUT2D eigenvalue weighted by Gasteiger charge is 2.49. The molecule has 2 aliphatic heterocycles. The van der Waals surface area contributed by atoms with Crippen molar-refractivity contribution >= 4 is 0 Å². The molecule has 2 fully saturated rings. The molecule has 12 heavy (non-hydrogen) atoms. The van der Waals surface area contributed by atoms with Crippen molar-refractivity contribution < 1.29 is 19.3 Å². The predicted octanol–water partition coefficient (Wildman–Crippen LogP) is -0.102. The first-order valence-electron chi connectivity index (χ1n) is 4.20. The first-order chi connectivity index (χ1) is 5.62. The molecule has 2 saturated heterocycles. The zero-order valence-corrected chi connectivity index (χ0v) is 7.32. The highest BCUT2D eigenvalue weighted by Crippen LogP contribution is 2.34. The lowest BCUT2D eigenvalue weighted by atomic mass is 10.2. The zero-order chi connectivity index (χ0) is 8.77. The van der Waals surface area contributed by atoms with E-state index in [9.17, 15) is 0 Å². The van der Waals surface area contributed by atoms with E-state index in [-0.39, 0.29) is 24.9 Å². The normalized spacial score (nSPS) is 44.8. The van der Waals surface area contributed by atoms with Crippen molar-refractivity contribution in [1.29, 1.82) is 0 Å². The molecule has 0 radical (unpaired) electrons. The Kier molecular flexibility index (Phi) is 1.88. The van der Waals surface area contributed by atoms with Crippen molar-refractivity contribution in [3.05, 3.63) is 0 Å². The third kappa shape index (κ3) is 1.25. The summed E-state index contributed by atoms with van der Waals surface area (Å²) < 4.78 is 16.4. The van der Waals surface area contributed by atoms with Crippen LogP contribution in [0.1, 0.15) is 13.8 Å². The lowest BCUT2D eigenvalue weighted by Gasteiger charge is -2.20. The van der Waals surface area contributed by atoms with Gasteiger partial charge >= 0.3 is 0 Å². The number of hydrogen-bond acceptors (Lipinski definition) is 4. The van der Waals surface area contributed by atoms with Gasteiger partial charge in [-0.05, 0) is 13.8 Å². The van der Waals surface area contributed by atoms with Crippen LogP contribution in [0.2, 0.25) is 0 Å². The lowest BCUT2D eigenvalue weighted by Crippen LogP contribution is -2.31. The molecule has 4 heteroatoms. The van der Waals surface area contributed by atoms with E-state index in [1.54, 1.807) is 0 Å². The van der Waals surface area contributed by atoms with E-state index in [1.807, 2.05) is 13.8 Å². The summed E-state index contributed by atoms with van der Waals surface area (Å²) in [5.41, 5.74) is 0. The van der Waals surface area contributed by atoms with Gasteiger partial charge in [0.1, 0.15) is 18.3 Å². The summed E-state index contributed by atoms with van der Waals surface area (Å²) in [6.45, 7) is 4.28. The summed E-state index contributed by atoms with van der Waals surface area (Å²) in [6, 6.07) is 0. The van der Waals surface area contributed by atoms with Gasteiger partial charge in [-0.1, -0.05) is 0 Å². The minimum Gasteiger partial charge on any atom is -0.394 e. The van der Waals surface area contributed by atoms with Gasteiger partial charge in [0.25, 0.3) is 0 Å². The molecule has 0 spiro atoms. The summed E-state index contributed by atoms with van der Waals surface area (Å²) in [7, 11) is 0. The number of ether oxygens (including phenoxy) is 3. The molecule has 3 atom stereocenters. The maximum absolute atomic E-state index is 8.92. The van der Waals surface area contributed by atoms with Gasteiger partial charge in [-0.25, -0.2) is 0 Å². The molecule has 70 valence electrons. The topological polar surface area (TPSA) is 47.9 Å². The van der Waals surface area contributed by atoms with E-state index in [0.29, 0.717) is 6.61 Å². The Balaban J connectivity index is 2.06. The third-order valence-corrected chi connectivity index (χ3v) is 2.24. The predicted molar refractivity (Wildman–Crippen MR) is 40.7 cm³/mol. The van der Waals surface area contributed by atoms with Gasteiger partial charge in [-0.15, -0.1) is 0 Å². The molecule has 0 unspecified atom stereocenters. The maximum Gasteiger partial charge on any atom is 0.164 e. The van der Waals surface area contributed by atoms with Gasteiger partial charge in [0.2, 0.25) is 0 Å². The molecule has 0 aromatic rings. The quantitative estimate of drug-likeness (QED) is 0.603. The zero-order valence-electron chi connectivity index (χ0n) is 7.32. The van der Waals surface area contributed by atoms with Crippen molar-refractivity contribution in [3.63, 3.8) is 0 Å². The second kappa shape index (κ2) is 2.67. The van der Waals surface area contributed by atoms with Crippen LogP contribution in [-0.2, 0) is 14.2 Å². The van der Waals surface area contributed by atoms with Crippen LogP contribution in [0.15, 0.2) is 0 Å². The SMILES string of the molecule is CC1(C)O[C@H]2[C@H](CO[C@@H]2CO)O1. The van der Waals surface area contributed by atoms with E-state index in [0.717, 1.165) is 0 Å². The highest BCUT2D eigenvalue weighted by molar-refractivity contribution is 4.91. The Morgan fingerprint density at radius 2 is 2.17 bits per heavy atom. The number of aliphatic hydroxyl groups is 1. The molecule has 1 N–H and O–H groups in total. The smallest absolute Gasteiger partial charge is 0.164 e. The third-order valence-electron chi connectivity index (χ3n) is 2.24. The number of rotatable bonds is 1. The van der Waals surface area contributed by atoms with Crippen LogP contribution in [0.3, 0.4) is 0 Å². The Morgan fingerprint density at radius 3 is 2.83 bits per heavy atom. The van der Waals surface area contributed by atoms with Gasteiger partial charge in [0, 0.05) is 0 Å². The van der Waals surface area contributed by atoms with Crippen molar-refractivity contribution in [1.82, 2.24) is 0 Å².